The highest BCUT2D eigenvalue weighted by Gasteiger charge is 2.08. The number of imidazole rings is 1. The lowest BCUT2D eigenvalue weighted by Gasteiger charge is -2.07. The van der Waals surface area contributed by atoms with E-state index in [1.807, 2.05) is 36.4 Å². The van der Waals surface area contributed by atoms with Crippen molar-refractivity contribution < 1.29 is 14.6 Å². The van der Waals surface area contributed by atoms with Crippen LogP contribution < -0.4 is 5.32 Å². The summed E-state index contributed by atoms with van der Waals surface area (Å²) in [4.78, 5) is 15.1. The number of anilines is 1. The van der Waals surface area contributed by atoms with Crippen molar-refractivity contribution in [1.82, 2.24) is 14.6 Å². The average molecular weight is 340 g/mol. The Hall–Kier alpha value is -2.93. The Bertz CT molecular complexity index is 858. The fraction of sp³-hybridized carbons (Fsp3) is 0.278. The number of nitrogens with zero attached hydrogens (tertiary/aromatic N) is 3. The van der Waals surface area contributed by atoms with Gasteiger partial charge in [0.25, 0.3) is 0 Å². The van der Waals surface area contributed by atoms with Gasteiger partial charge in [-0.1, -0.05) is 24.3 Å². The Labute approximate surface area is 145 Å². The van der Waals surface area contributed by atoms with E-state index < -0.39 is 5.97 Å². The summed E-state index contributed by atoms with van der Waals surface area (Å²) in [7, 11) is 1.66. The van der Waals surface area contributed by atoms with E-state index >= 15 is 0 Å². The quantitative estimate of drug-likeness (QED) is 0.613. The third kappa shape index (κ3) is 4.13. The SMILES string of the molecule is COCCNc1ccc2ncc(-c3ccc(CCC(=O)O)cc3)n2n1. The van der Waals surface area contributed by atoms with E-state index in [1.54, 1.807) is 17.8 Å². The molecular formula is C18H20N4O3. The summed E-state index contributed by atoms with van der Waals surface area (Å²) in [5.74, 6) is -0.0366. The molecule has 0 saturated carbocycles. The number of nitrogens with one attached hydrogen (secondary N) is 1. The highest BCUT2D eigenvalue weighted by molar-refractivity contribution is 5.67. The van der Waals surface area contributed by atoms with Gasteiger partial charge < -0.3 is 15.2 Å². The molecule has 0 aliphatic heterocycles. The summed E-state index contributed by atoms with van der Waals surface area (Å²) >= 11 is 0. The Balaban J connectivity index is 1.82. The van der Waals surface area contributed by atoms with Gasteiger partial charge in [-0.25, -0.2) is 9.50 Å². The van der Waals surface area contributed by atoms with Crippen LogP contribution in [0.4, 0.5) is 5.82 Å². The highest BCUT2D eigenvalue weighted by Crippen LogP contribution is 2.21. The minimum atomic E-state index is -0.788. The first kappa shape index (κ1) is 16.9. The van der Waals surface area contributed by atoms with Crippen molar-refractivity contribution in [2.24, 2.45) is 0 Å². The number of rotatable bonds is 8. The van der Waals surface area contributed by atoms with E-state index in [-0.39, 0.29) is 6.42 Å². The molecule has 7 nitrogen and oxygen atoms in total. The lowest BCUT2D eigenvalue weighted by Crippen LogP contribution is -2.10. The van der Waals surface area contributed by atoms with Gasteiger partial charge in [-0.05, 0) is 24.1 Å². The molecule has 7 heteroatoms. The van der Waals surface area contributed by atoms with Crippen LogP contribution in [0, 0.1) is 0 Å². The van der Waals surface area contributed by atoms with Crippen LogP contribution in [0.3, 0.4) is 0 Å². The summed E-state index contributed by atoms with van der Waals surface area (Å²) in [6.07, 6.45) is 2.44. The fourth-order valence-electron chi connectivity index (χ4n) is 2.54. The van der Waals surface area contributed by atoms with Crippen molar-refractivity contribution >= 4 is 17.4 Å². The minimum Gasteiger partial charge on any atom is -0.481 e. The van der Waals surface area contributed by atoms with Crippen LogP contribution in [0.15, 0.2) is 42.6 Å². The number of carboxylic acids is 1. The Morgan fingerprint density at radius 3 is 2.76 bits per heavy atom. The van der Waals surface area contributed by atoms with E-state index in [0.717, 1.165) is 28.3 Å². The second-order valence-corrected chi connectivity index (χ2v) is 5.64. The first-order valence-corrected chi connectivity index (χ1v) is 8.06. The summed E-state index contributed by atoms with van der Waals surface area (Å²) in [5, 5.41) is 16.5. The predicted octanol–water partition coefficient (Wildman–Crippen LogP) is 2.47. The number of carbonyl (C=O) groups is 1. The van der Waals surface area contributed by atoms with Crippen molar-refractivity contribution in [2.45, 2.75) is 12.8 Å². The Morgan fingerprint density at radius 2 is 2.04 bits per heavy atom. The molecule has 0 atom stereocenters. The average Bonchev–Trinajstić information content (AvgIpc) is 3.04. The molecule has 0 aliphatic rings. The second-order valence-electron chi connectivity index (χ2n) is 5.64. The molecule has 0 bridgehead atoms. The van der Waals surface area contributed by atoms with Gasteiger partial charge >= 0.3 is 5.97 Å². The molecule has 0 amide bonds. The van der Waals surface area contributed by atoms with Gasteiger partial charge in [0.2, 0.25) is 0 Å². The molecule has 0 unspecified atom stereocenters. The molecule has 1 aromatic carbocycles. The van der Waals surface area contributed by atoms with Crippen molar-refractivity contribution in [3.05, 3.63) is 48.2 Å². The molecule has 0 saturated heterocycles. The molecule has 0 spiro atoms. The molecule has 0 radical (unpaired) electrons. The third-order valence-electron chi connectivity index (χ3n) is 3.85. The number of fused-ring (bicyclic) bond motifs is 1. The van der Waals surface area contributed by atoms with E-state index in [0.29, 0.717) is 19.6 Å². The lowest BCUT2D eigenvalue weighted by atomic mass is 10.1. The van der Waals surface area contributed by atoms with Gasteiger partial charge in [0.1, 0.15) is 5.82 Å². The molecule has 130 valence electrons. The monoisotopic (exact) mass is 340 g/mol. The lowest BCUT2D eigenvalue weighted by molar-refractivity contribution is -0.136. The largest absolute Gasteiger partial charge is 0.481 e. The third-order valence-corrected chi connectivity index (χ3v) is 3.85. The first-order chi connectivity index (χ1) is 12.2. The Kier molecular flexibility index (Phi) is 5.25. The second kappa shape index (κ2) is 7.76. The zero-order chi connectivity index (χ0) is 17.6. The molecule has 2 heterocycles. The van der Waals surface area contributed by atoms with Gasteiger partial charge in [-0.15, -0.1) is 5.10 Å². The van der Waals surface area contributed by atoms with E-state index in [4.69, 9.17) is 9.84 Å². The van der Waals surface area contributed by atoms with Gasteiger partial charge in [0.05, 0.1) is 18.5 Å². The standard InChI is InChI=1S/C18H20N4O3/c1-25-11-10-19-16-7-8-17-20-12-15(22(17)21-16)14-5-2-13(3-6-14)4-9-18(23)24/h2-3,5-8,12H,4,9-11H2,1H3,(H,19,21)(H,23,24). The fourth-order valence-corrected chi connectivity index (χ4v) is 2.54. The van der Waals surface area contributed by atoms with Crippen molar-refractivity contribution in [1.29, 1.82) is 0 Å². The molecule has 3 rings (SSSR count). The van der Waals surface area contributed by atoms with Gasteiger partial charge in [0.15, 0.2) is 5.65 Å². The van der Waals surface area contributed by atoms with Gasteiger partial charge in [-0.3, -0.25) is 4.79 Å². The van der Waals surface area contributed by atoms with Crippen LogP contribution in [0.25, 0.3) is 16.9 Å². The van der Waals surface area contributed by atoms with Crippen LogP contribution in [-0.4, -0.2) is 45.9 Å². The summed E-state index contributed by atoms with van der Waals surface area (Å²) < 4.78 is 6.82. The van der Waals surface area contributed by atoms with Crippen molar-refractivity contribution in [3.8, 4) is 11.3 Å². The van der Waals surface area contributed by atoms with E-state index in [9.17, 15) is 4.79 Å². The molecule has 25 heavy (non-hydrogen) atoms. The molecule has 0 fully saturated rings. The van der Waals surface area contributed by atoms with E-state index in [2.05, 4.69) is 15.4 Å². The zero-order valence-electron chi connectivity index (χ0n) is 14.0. The van der Waals surface area contributed by atoms with Crippen molar-refractivity contribution in [3.63, 3.8) is 0 Å². The first-order valence-electron chi connectivity index (χ1n) is 8.06. The number of aliphatic carboxylic acids is 1. The Morgan fingerprint density at radius 1 is 1.24 bits per heavy atom. The molecule has 3 aromatic rings. The summed E-state index contributed by atoms with van der Waals surface area (Å²) in [6, 6.07) is 11.6. The zero-order valence-corrected chi connectivity index (χ0v) is 14.0. The number of benzene rings is 1. The number of hydrogen-bond donors (Lipinski definition) is 2. The number of aryl methyl sites for hydroxylation is 1. The molecule has 2 aromatic heterocycles. The number of aromatic nitrogens is 3. The minimum absolute atomic E-state index is 0.132. The highest BCUT2D eigenvalue weighted by atomic mass is 16.5. The number of carboxylic acid groups (broad SMARTS) is 1. The normalized spacial score (nSPS) is 10.9. The van der Waals surface area contributed by atoms with Gasteiger partial charge in [0, 0.05) is 25.6 Å². The number of hydrogen-bond acceptors (Lipinski definition) is 5. The van der Waals surface area contributed by atoms with Crippen molar-refractivity contribution in [2.75, 3.05) is 25.6 Å². The maximum Gasteiger partial charge on any atom is 0.303 e. The van der Waals surface area contributed by atoms with Crippen LogP contribution in [0.1, 0.15) is 12.0 Å². The maximum atomic E-state index is 10.7. The summed E-state index contributed by atoms with van der Waals surface area (Å²) in [5.41, 5.74) is 3.63. The van der Waals surface area contributed by atoms with Crippen LogP contribution >= 0.6 is 0 Å². The number of ether oxygens (including phenoxy) is 1. The van der Waals surface area contributed by atoms with Gasteiger partial charge in [-0.2, -0.15) is 0 Å². The van der Waals surface area contributed by atoms with E-state index in [1.165, 1.54) is 0 Å². The van der Waals surface area contributed by atoms with Crippen LogP contribution in [-0.2, 0) is 16.0 Å². The van der Waals surface area contributed by atoms with Crippen LogP contribution in [0.2, 0.25) is 0 Å². The molecule has 0 aliphatic carbocycles. The number of methoxy groups -OCH3 is 1. The topological polar surface area (TPSA) is 88.8 Å². The predicted molar refractivity (Wildman–Crippen MR) is 94.7 cm³/mol. The summed E-state index contributed by atoms with van der Waals surface area (Å²) in [6.45, 7) is 1.28. The molecule has 2 N–H and O–H groups in total. The maximum absolute atomic E-state index is 10.7. The van der Waals surface area contributed by atoms with Crippen LogP contribution in [0.5, 0.6) is 0 Å². The molecular weight excluding hydrogens is 320 g/mol. The smallest absolute Gasteiger partial charge is 0.303 e.